The van der Waals surface area contributed by atoms with Crippen LogP contribution in [-0.4, -0.2) is 9.97 Å². The molecule has 0 bridgehead atoms. The van der Waals surface area contributed by atoms with Gasteiger partial charge in [0.1, 0.15) is 5.82 Å². The van der Waals surface area contributed by atoms with Gasteiger partial charge in [-0.25, -0.2) is 4.98 Å². The van der Waals surface area contributed by atoms with Crippen LogP contribution in [0.5, 0.6) is 0 Å². The highest BCUT2D eigenvalue weighted by Gasteiger charge is 2.04. The number of nitrogens with one attached hydrogen (secondary N) is 1. The predicted molar refractivity (Wildman–Crippen MR) is 116 cm³/mol. The van der Waals surface area contributed by atoms with Crippen molar-refractivity contribution in [2.75, 3.05) is 0 Å². The average Bonchev–Trinajstić information content (AvgIpc) is 3.02. The zero-order valence-corrected chi connectivity index (χ0v) is 14.9. The standard InChI is InChI=1S/C25H20N2/c1-3-7-11-20(12-8-4-1)15-18-25-26-23-17-16-22(19-24(23)27-25)21-13-9-5-2-6-10-14-21/h1-19H,(H,26,27)/b3-1-,4-1?,5-2-,6-2?,7-3?,8-4-,9-5?,10-6-,11-7-,12-8?,13-9-,14-10?,18-15+,20-11?,20-12+,21-13?,21-14+. The number of allylic oxidation sites excluding steroid dienone is 17. The Morgan fingerprint density at radius 2 is 1.44 bits per heavy atom. The molecule has 2 heteroatoms. The van der Waals surface area contributed by atoms with Gasteiger partial charge in [0, 0.05) is 0 Å². The first-order chi connectivity index (χ1) is 13.4. The van der Waals surface area contributed by atoms with Crippen LogP contribution < -0.4 is 0 Å². The molecule has 2 aromatic rings. The van der Waals surface area contributed by atoms with Gasteiger partial charge in [0.2, 0.25) is 0 Å². The van der Waals surface area contributed by atoms with Crippen LogP contribution in [0, 0.1) is 0 Å². The molecule has 0 saturated heterocycles. The minimum absolute atomic E-state index is 0.850. The number of nitrogens with zero attached hydrogens (tertiary/aromatic N) is 1. The van der Waals surface area contributed by atoms with Gasteiger partial charge in [-0.1, -0.05) is 97.2 Å². The Hall–Kier alpha value is -3.65. The lowest BCUT2D eigenvalue weighted by atomic mass is 10.0. The Kier molecular flexibility index (Phi) is 5.07. The third-order valence-corrected chi connectivity index (χ3v) is 4.28. The molecule has 4 rings (SSSR count). The van der Waals surface area contributed by atoms with Crippen molar-refractivity contribution in [3.63, 3.8) is 0 Å². The van der Waals surface area contributed by atoms with E-state index in [2.05, 4.69) is 70.7 Å². The van der Waals surface area contributed by atoms with E-state index in [9.17, 15) is 0 Å². The first kappa shape index (κ1) is 16.8. The number of benzene rings is 1. The van der Waals surface area contributed by atoms with E-state index in [1.807, 2.05) is 54.7 Å². The van der Waals surface area contributed by atoms with Gasteiger partial charge in [0.25, 0.3) is 0 Å². The van der Waals surface area contributed by atoms with Crippen LogP contribution in [0.4, 0.5) is 0 Å². The molecule has 1 N–H and O–H groups in total. The summed E-state index contributed by atoms with van der Waals surface area (Å²) in [6.07, 6.45) is 32.8. The van der Waals surface area contributed by atoms with Gasteiger partial charge in [0.15, 0.2) is 0 Å². The van der Waals surface area contributed by atoms with Gasteiger partial charge in [-0.3, -0.25) is 0 Å². The highest BCUT2D eigenvalue weighted by atomic mass is 14.9. The smallest absolute Gasteiger partial charge is 0.131 e. The summed E-state index contributed by atoms with van der Waals surface area (Å²) in [6, 6.07) is 6.33. The van der Waals surface area contributed by atoms with Crippen molar-refractivity contribution in [3.8, 4) is 0 Å². The summed E-state index contributed by atoms with van der Waals surface area (Å²) in [5.41, 5.74) is 5.47. The molecule has 0 aliphatic heterocycles. The lowest BCUT2D eigenvalue weighted by Crippen LogP contribution is -1.82. The average molecular weight is 348 g/mol. The lowest BCUT2D eigenvalue weighted by Gasteiger charge is -2.02. The quantitative estimate of drug-likeness (QED) is 0.698. The van der Waals surface area contributed by atoms with Gasteiger partial charge in [-0.05, 0) is 34.9 Å². The molecule has 0 saturated carbocycles. The van der Waals surface area contributed by atoms with E-state index in [0.717, 1.165) is 22.4 Å². The normalized spacial score (nSPS) is 27.3. The number of hydrogen-bond donors (Lipinski definition) is 1. The maximum absolute atomic E-state index is 4.67. The number of fused-ring (bicyclic) bond motifs is 1. The minimum Gasteiger partial charge on any atom is -0.338 e. The molecule has 1 heterocycles. The Balaban J connectivity index is 1.60. The number of imidazole rings is 1. The summed E-state index contributed by atoms with van der Waals surface area (Å²) < 4.78 is 0. The van der Waals surface area contributed by atoms with Crippen molar-refractivity contribution in [3.05, 3.63) is 126 Å². The summed E-state index contributed by atoms with van der Waals surface area (Å²) in [7, 11) is 0. The second kappa shape index (κ2) is 8.15. The maximum Gasteiger partial charge on any atom is 0.131 e. The summed E-state index contributed by atoms with van der Waals surface area (Å²) in [5, 5.41) is 0. The summed E-state index contributed by atoms with van der Waals surface area (Å²) in [5.74, 6) is 0.850. The molecule has 2 nitrogen and oxygen atoms in total. The van der Waals surface area contributed by atoms with Crippen LogP contribution in [0.3, 0.4) is 0 Å². The topological polar surface area (TPSA) is 28.7 Å². The van der Waals surface area contributed by atoms with Gasteiger partial charge >= 0.3 is 0 Å². The molecule has 1 aromatic carbocycles. The number of rotatable bonds is 3. The van der Waals surface area contributed by atoms with E-state index < -0.39 is 0 Å². The SMILES string of the molecule is C1=C\C=C/C(/C=C/c2nc3ccc(C4=C/C=C\C=C/C=C\4)cc3[nH]2)=C\C=C/1. The number of hydrogen-bond acceptors (Lipinski definition) is 1. The van der Waals surface area contributed by atoms with Crippen LogP contribution in [-0.2, 0) is 0 Å². The molecule has 2 aliphatic rings. The van der Waals surface area contributed by atoms with Crippen molar-refractivity contribution >= 4 is 22.7 Å². The molecular formula is C25H20N2. The largest absolute Gasteiger partial charge is 0.338 e. The summed E-state index contributed by atoms with van der Waals surface area (Å²) in [6.45, 7) is 0. The Bertz CT molecular complexity index is 1110. The fraction of sp³-hybridized carbons (Fsp3) is 0. The Labute approximate surface area is 159 Å². The van der Waals surface area contributed by atoms with E-state index in [-0.39, 0.29) is 0 Å². The van der Waals surface area contributed by atoms with Crippen molar-refractivity contribution < 1.29 is 0 Å². The van der Waals surface area contributed by atoms with Crippen LogP contribution in [0.15, 0.2) is 115 Å². The van der Waals surface area contributed by atoms with E-state index in [0.29, 0.717) is 0 Å². The van der Waals surface area contributed by atoms with Crippen LogP contribution >= 0.6 is 0 Å². The third-order valence-electron chi connectivity index (χ3n) is 4.28. The van der Waals surface area contributed by atoms with E-state index >= 15 is 0 Å². The summed E-state index contributed by atoms with van der Waals surface area (Å²) >= 11 is 0. The zero-order valence-electron chi connectivity index (χ0n) is 14.9. The molecule has 1 aromatic heterocycles. The maximum atomic E-state index is 4.67. The molecule has 0 fully saturated rings. The molecule has 0 amide bonds. The zero-order chi connectivity index (χ0) is 18.3. The fourth-order valence-corrected chi connectivity index (χ4v) is 2.91. The number of aromatic amines is 1. The lowest BCUT2D eigenvalue weighted by molar-refractivity contribution is 1.29. The minimum atomic E-state index is 0.850. The molecule has 0 spiro atoms. The van der Waals surface area contributed by atoms with Crippen LogP contribution in [0.1, 0.15) is 11.4 Å². The molecule has 0 atom stereocenters. The summed E-state index contributed by atoms with van der Waals surface area (Å²) in [4.78, 5) is 8.08. The second-order valence-corrected chi connectivity index (χ2v) is 6.23. The first-order valence-electron chi connectivity index (χ1n) is 9.00. The second-order valence-electron chi connectivity index (χ2n) is 6.23. The van der Waals surface area contributed by atoms with E-state index in [1.165, 1.54) is 11.1 Å². The van der Waals surface area contributed by atoms with Crippen LogP contribution in [0.2, 0.25) is 0 Å². The van der Waals surface area contributed by atoms with Crippen molar-refractivity contribution in [2.45, 2.75) is 0 Å². The molecule has 2 aliphatic carbocycles. The van der Waals surface area contributed by atoms with Crippen molar-refractivity contribution in [1.29, 1.82) is 0 Å². The van der Waals surface area contributed by atoms with Crippen LogP contribution in [0.25, 0.3) is 22.7 Å². The first-order valence-corrected chi connectivity index (χ1v) is 9.00. The molecule has 27 heavy (non-hydrogen) atoms. The fourth-order valence-electron chi connectivity index (χ4n) is 2.91. The van der Waals surface area contributed by atoms with Gasteiger partial charge in [-0.15, -0.1) is 0 Å². The Morgan fingerprint density at radius 3 is 2.33 bits per heavy atom. The highest BCUT2D eigenvalue weighted by Crippen LogP contribution is 2.22. The third kappa shape index (κ3) is 4.31. The monoisotopic (exact) mass is 348 g/mol. The van der Waals surface area contributed by atoms with Crippen molar-refractivity contribution in [2.24, 2.45) is 0 Å². The molecular weight excluding hydrogens is 328 g/mol. The highest BCUT2D eigenvalue weighted by molar-refractivity contribution is 5.85. The molecule has 0 radical (unpaired) electrons. The number of aromatic nitrogens is 2. The number of H-pyrrole nitrogens is 1. The van der Waals surface area contributed by atoms with Crippen molar-refractivity contribution in [1.82, 2.24) is 9.97 Å². The van der Waals surface area contributed by atoms with E-state index in [4.69, 9.17) is 0 Å². The van der Waals surface area contributed by atoms with E-state index in [1.54, 1.807) is 0 Å². The predicted octanol–water partition coefficient (Wildman–Crippen LogP) is 6.25. The van der Waals surface area contributed by atoms with Gasteiger partial charge in [0.05, 0.1) is 11.0 Å². The van der Waals surface area contributed by atoms with Gasteiger partial charge in [-0.2, -0.15) is 0 Å². The molecule has 130 valence electrons. The Morgan fingerprint density at radius 1 is 0.704 bits per heavy atom. The van der Waals surface area contributed by atoms with Gasteiger partial charge < -0.3 is 4.98 Å². The molecule has 0 unspecified atom stereocenters.